The smallest absolute Gasteiger partial charge is 0.310 e. The minimum atomic E-state index is -0.299. The van der Waals surface area contributed by atoms with E-state index in [0.717, 1.165) is 16.8 Å². The normalized spacial score (nSPS) is 10.4. The largest absolute Gasteiger partial charge is 0.497 e. The Bertz CT molecular complexity index is 747. The number of rotatable bonds is 6. The van der Waals surface area contributed by atoms with Crippen molar-refractivity contribution >= 4 is 40.5 Å². The van der Waals surface area contributed by atoms with Gasteiger partial charge in [0.1, 0.15) is 5.75 Å². The van der Waals surface area contributed by atoms with Crippen LogP contribution in [-0.2, 0) is 16.0 Å². The number of hydrogen-bond acceptors (Lipinski definition) is 4. The first-order valence-electron chi connectivity index (χ1n) is 7.50. The number of carbonyl (C=O) groups is 1. The van der Waals surface area contributed by atoms with Gasteiger partial charge in [0.2, 0.25) is 0 Å². The quantitative estimate of drug-likeness (QED) is 0.716. The van der Waals surface area contributed by atoms with Crippen LogP contribution in [0.5, 0.6) is 5.75 Å². The third-order valence-electron chi connectivity index (χ3n) is 3.54. The van der Waals surface area contributed by atoms with Crippen molar-refractivity contribution in [1.29, 1.82) is 0 Å². The Balaban J connectivity index is 2.35. The summed E-state index contributed by atoms with van der Waals surface area (Å²) >= 11 is 12.4. The predicted octanol–water partition coefficient (Wildman–Crippen LogP) is 5.16. The van der Waals surface area contributed by atoms with Gasteiger partial charge in [-0.2, -0.15) is 0 Å². The summed E-state index contributed by atoms with van der Waals surface area (Å²) in [5, 5.41) is 4.40. The van der Waals surface area contributed by atoms with Crippen LogP contribution in [0.4, 0.5) is 11.4 Å². The maximum Gasteiger partial charge on any atom is 0.310 e. The molecule has 0 saturated carbocycles. The Kier molecular flexibility index (Phi) is 6.35. The molecule has 24 heavy (non-hydrogen) atoms. The fraction of sp³-hybridized carbons (Fsp3) is 0.278. The predicted molar refractivity (Wildman–Crippen MR) is 97.8 cm³/mol. The summed E-state index contributed by atoms with van der Waals surface area (Å²) in [7, 11) is 1.58. The molecule has 0 aliphatic rings. The Morgan fingerprint density at radius 2 is 1.88 bits per heavy atom. The topological polar surface area (TPSA) is 47.6 Å². The van der Waals surface area contributed by atoms with Crippen LogP contribution >= 0.6 is 23.2 Å². The van der Waals surface area contributed by atoms with E-state index in [1.54, 1.807) is 32.2 Å². The molecule has 0 aromatic heterocycles. The number of hydrogen-bond donors (Lipinski definition) is 1. The van der Waals surface area contributed by atoms with Gasteiger partial charge in [0.05, 0.1) is 30.8 Å². The van der Waals surface area contributed by atoms with Crippen molar-refractivity contribution in [2.75, 3.05) is 19.0 Å². The number of anilines is 2. The fourth-order valence-corrected chi connectivity index (χ4v) is 2.65. The van der Waals surface area contributed by atoms with E-state index < -0.39 is 0 Å². The summed E-state index contributed by atoms with van der Waals surface area (Å²) in [4.78, 5) is 11.8. The highest BCUT2D eigenvalue weighted by molar-refractivity contribution is 6.37. The fourth-order valence-electron chi connectivity index (χ4n) is 2.24. The van der Waals surface area contributed by atoms with Crippen molar-refractivity contribution in [3.05, 3.63) is 51.5 Å². The lowest BCUT2D eigenvalue weighted by Crippen LogP contribution is -2.09. The first-order chi connectivity index (χ1) is 11.5. The summed E-state index contributed by atoms with van der Waals surface area (Å²) in [6.45, 7) is 3.97. The maximum absolute atomic E-state index is 11.8. The maximum atomic E-state index is 11.8. The zero-order valence-electron chi connectivity index (χ0n) is 13.8. The number of carbonyl (C=O) groups excluding carboxylic acids is 1. The van der Waals surface area contributed by atoms with Crippen LogP contribution in [0, 0.1) is 6.92 Å². The van der Waals surface area contributed by atoms with Gasteiger partial charge in [-0.1, -0.05) is 23.2 Å². The van der Waals surface area contributed by atoms with Gasteiger partial charge in [0.15, 0.2) is 0 Å². The zero-order valence-corrected chi connectivity index (χ0v) is 15.3. The SMILES string of the molecule is CCOC(=O)Cc1cc(OC)ccc1Nc1ccc(Cl)c(C)c1Cl. The Morgan fingerprint density at radius 1 is 1.17 bits per heavy atom. The van der Waals surface area contributed by atoms with E-state index in [-0.39, 0.29) is 12.4 Å². The number of esters is 1. The number of ether oxygens (including phenoxy) is 2. The summed E-state index contributed by atoms with van der Waals surface area (Å²) in [5.74, 6) is 0.366. The molecule has 0 unspecified atom stereocenters. The van der Waals surface area contributed by atoms with Crippen LogP contribution in [0.1, 0.15) is 18.1 Å². The van der Waals surface area contributed by atoms with Crippen LogP contribution < -0.4 is 10.1 Å². The van der Waals surface area contributed by atoms with E-state index in [0.29, 0.717) is 28.1 Å². The van der Waals surface area contributed by atoms with Crippen molar-refractivity contribution in [2.24, 2.45) is 0 Å². The molecule has 0 fully saturated rings. The minimum absolute atomic E-state index is 0.136. The number of benzene rings is 2. The van der Waals surface area contributed by atoms with Gasteiger partial charge >= 0.3 is 5.97 Å². The van der Waals surface area contributed by atoms with Crippen molar-refractivity contribution in [3.8, 4) is 5.75 Å². The molecule has 2 rings (SSSR count). The van der Waals surface area contributed by atoms with E-state index in [1.807, 2.05) is 19.1 Å². The molecular weight excluding hydrogens is 349 g/mol. The molecule has 2 aromatic rings. The first-order valence-corrected chi connectivity index (χ1v) is 8.26. The zero-order chi connectivity index (χ0) is 17.7. The van der Waals surface area contributed by atoms with Crippen molar-refractivity contribution in [3.63, 3.8) is 0 Å². The van der Waals surface area contributed by atoms with Crippen LogP contribution in [0.3, 0.4) is 0 Å². The second kappa shape index (κ2) is 8.27. The van der Waals surface area contributed by atoms with Gasteiger partial charge in [-0.3, -0.25) is 4.79 Å². The highest BCUT2D eigenvalue weighted by Crippen LogP contribution is 2.34. The summed E-state index contributed by atoms with van der Waals surface area (Å²) in [6, 6.07) is 9.03. The van der Waals surface area contributed by atoms with Crippen LogP contribution in [-0.4, -0.2) is 19.7 Å². The number of nitrogens with one attached hydrogen (secondary N) is 1. The summed E-state index contributed by atoms with van der Waals surface area (Å²) in [5.41, 5.74) is 3.03. The lowest BCUT2D eigenvalue weighted by Gasteiger charge is -2.15. The molecule has 0 atom stereocenters. The third kappa shape index (κ3) is 4.34. The second-order valence-corrected chi connectivity index (χ2v) is 5.95. The lowest BCUT2D eigenvalue weighted by atomic mass is 10.1. The molecule has 128 valence electrons. The van der Waals surface area contributed by atoms with Gasteiger partial charge in [-0.15, -0.1) is 0 Å². The number of methoxy groups -OCH3 is 1. The van der Waals surface area contributed by atoms with Crippen molar-refractivity contribution < 1.29 is 14.3 Å². The Morgan fingerprint density at radius 3 is 2.54 bits per heavy atom. The van der Waals surface area contributed by atoms with Crippen molar-refractivity contribution in [1.82, 2.24) is 0 Å². The molecule has 0 aliphatic carbocycles. The van der Waals surface area contributed by atoms with Crippen LogP contribution in [0.2, 0.25) is 10.0 Å². The molecule has 1 N–H and O–H groups in total. The number of halogens is 2. The minimum Gasteiger partial charge on any atom is -0.497 e. The molecule has 0 amide bonds. The van der Waals surface area contributed by atoms with Crippen molar-refractivity contribution in [2.45, 2.75) is 20.3 Å². The molecule has 0 heterocycles. The summed E-state index contributed by atoms with van der Waals surface area (Å²) < 4.78 is 10.3. The van der Waals surface area contributed by atoms with Crippen LogP contribution in [0.15, 0.2) is 30.3 Å². The van der Waals surface area contributed by atoms with E-state index in [1.165, 1.54) is 0 Å². The lowest BCUT2D eigenvalue weighted by molar-refractivity contribution is -0.142. The molecule has 0 bridgehead atoms. The molecule has 0 radical (unpaired) electrons. The molecule has 2 aromatic carbocycles. The molecule has 0 aliphatic heterocycles. The molecule has 6 heteroatoms. The average Bonchev–Trinajstić information content (AvgIpc) is 2.57. The van der Waals surface area contributed by atoms with E-state index in [4.69, 9.17) is 32.7 Å². The standard InChI is InChI=1S/C18H19Cl2NO3/c1-4-24-17(22)10-12-9-13(23-3)5-7-15(12)21-16-8-6-14(19)11(2)18(16)20/h5-9,21H,4,10H2,1-3H3. The van der Waals surface area contributed by atoms with Gasteiger partial charge in [0.25, 0.3) is 0 Å². The molecule has 0 spiro atoms. The molecular formula is C18H19Cl2NO3. The Hall–Kier alpha value is -1.91. The van der Waals surface area contributed by atoms with E-state index in [2.05, 4.69) is 5.32 Å². The highest BCUT2D eigenvalue weighted by atomic mass is 35.5. The second-order valence-electron chi connectivity index (χ2n) is 5.16. The molecule has 4 nitrogen and oxygen atoms in total. The van der Waals surface area contributed by atoms with E-state index in [9.17, 15) is 4.79 Å². The van der Waals surface area contributed by atoms with Gasteiger partial charge in [-0.25, -0.2) is 0 Å². The van der Waals surface area contributed by atoms with Gasteiger partial charge < -0.3 is 14.8 Å². The van der Waals surface area contributed by atoms with Gasteiger partial charge in [-0.05, 0) is 55.3 Å². The highest BCUT2D eigenvalue weighted by Gasteiger charge is 2.13. The Labute approximate surface area is 151 Å². The van der Waals surface area contributed by atoms with E-state index >= 15 is 0 Å². The summed E-state index contributed by atoms with van der Waals surface area (Å²) in [6.07, 6.45) is 0.136. The third-order valence-corrected chi connectivity index (χ3v) is 4.44. The van der Waals surface area contributed by atoms with Crippen LogP contribution in [0.25, 0.3) is 0 Å². The molecule has 0 saturated heterocycles. The monoisotopic (exact) mass is 367 g/mol. The van der Waals surface area contributed by atoms with Gasteiger partial charge in [0, 0.05) is 10.7 Å². The first kappa shape index (κ1) is 18.4. The average molecular weight is 368 g/mol.